The number of alkyl halides is 2. The van der Waals surface area contributed by atoms with Gasteiger partial charge in [-0.15, -0.1) is 0 Å². The third-order valence-electron chi connectivity index (χ3n) is 6.72. The van der Waals surface area contributed by atoms with Crippen molar-refractivity contribution in [2.75, 3.05) is 17.7 Å². The van der Waals surface area contributed by atoms with Crippen LogP contribution in [0.4, 0.5) is 26.1 Å². The predicted molar refractivity (Wildman–Crippen MR) is 125 cm³/mol. The molecule has 2 aliphatic rings. The summed E-state index contributed by atoms with van der Waals surface area (Å²) < 4.78 is 29.4. The fourth-order valence-electron chi connectivity index (χ4n) is 4.83. The molecule has 0 bridgehead atoms. The maximum Gasteiger partial charge on any atom is 0.274 e. The van der Waals surface area contributed by atoms with Gasteiger partial charge in [0.1, 0.15) is 22.9 Å². The number of nitrogens with one attached hydrogen (secondary N) is 3. The molecule has 0 radical (unpaired) electrons. The molecule has 2 fully saturated rings. The van der Waals surface area contributed by atoms with Gasteiger partial charge in [-0.3, -0.25) is 9.59 Å². The van der Waals surface area contributed by atoms with Crippen molar-refractivity contribution in [2.45, 2.75) is 62.6 Å². The molecule has 0 aromatic carbocycles. The lowest BCUT2D eigenvalue weighted by Gasteiger charge is -2.36. The van der Waals surface area contributed by atoms with Gasteiger partial charge in [0.25, 0.3) is 17.4 Å². The van der Waals surface area contributed by atoms with Gasteiger partial charge in [0, 0.05) is 44.2 Å². The molecule has 35 heavy (non-hydrogen) atoms. The second kappa shape index (κ2) is 8.29. The monoisotopic (exact) mass is 487 g/mol. The smallest absolute Gasteiger partial charge is 0.274 e. The molecule has 186 valence electrons. The Hall–Kier alpha value is -3.54. The van der Waals surface area contributed by atoms with E-state index in [9.17, 15) is 23.5 Å². The topological polar surface area (TPSA) is 126 Å². The van der Waals surface area contributed by atoms with Crippen LogP contribution >= 0.6 is 0 Å². The van der Waals surface area contributed by atoms with Gasteiger partial charge in [-0.25, -0.2) is 13.8 Å². The van der Waals surface area contributed by atoms with E-state index in [-0.39, 0.29) is 47.5 Å². The van der Waals surface area contributed by atoms with E-state index >= 15 is 0 Å². The van der Waals surface area contributed by atoms with Crippen LogP contribution in [-0.4, -0.2) is 54.8 Å². The number of aromatic nitrogens is 4. The van der Waals surface area contributed by atoms with Crippen LogP contribution in [0.25, 0.3) is 5.65 Å². The first kappa shape index (κ1) is 23.2. The van der Waals surface area contributed by atoms with Crippen LogP contribution in [0, 0.1) is 0 Å². The Morgan fingerprint density at radius 1 is 1.29 bits per heavy atom. The number of carbonyl (C=O) groups excluding carboxylic acids is 1. The third kappa shape index (κ3) is 4.45. The molecule has 0 aliphatic heterocycles. The number of halogens is 2. The maximum atomic E-state index is 13.3. The summed E-state index contributed by atoms with van der Waals surface area (Å²) in [7, 11) is 1.69. The summed E-state index contributed by atoms with van der Waals surface area (Å²) in [5.41, 5.74) is -0.526. The lowest BCUT2D eigenvalue weighted by atomic mass is 9.88. The Morgan fingerprint density at radius 2 is 2.06 bits per heavy atom. The van der Waals surface area contributed by atoms with Crippen LogP contribution in [-0.2, 0) is 0 Å². The molecule has 2 aliphatic carbocycles. The number of amides is 1. The normalized spacial score (nSPS) is 23.7. The zero-order chi connectivity index (χ0) is 25.0. The standard InChI is InChI=1S/C23H27F2N7O3/c1-22(35)6-5-13(9-22)28-20(33)15-12-27-32-18(26-2)8-17(30-19(15)32)29-16-4-3-7-31(21(16)34)14-10-23(24,25)11-14/h3-4,7-8,12-14,26,35H,5-6,9-11H2,1-2H3,(H,28,33)(H,29,30)/t13?,22-/m1/s1. The van der Waals surface area contributed by atoms with Crippen LogP contribution in [0.2, 0.25) is 0 Å². The predicted octanol–water partition coefficient (Wildman–Crippen LogP) is 2.68. The fraction of sp³-hybridized carbons (Fsp3) is 0.478. The van der Waals surface area contributed by atoms with Gasteiger partial charge in [-0.2, -0.15) is 9.61 Å². The number of carbonyl (C=O) groups is 1. The van der Waals surface area contributed by atoms with Crippen molar-refractivity contribution in [1.29, 1.82) is 0 Å². The van der Waals surface area contributed by atoms with Crippen LogP contribution in [0.15, 0.2) is 35.4 Å². The van der Waals surface area contributed by atoms with E-state index in [4.69, 9.17) is 0 Å². The summed E-state index contributed by atoms with van der Waals surface area (Å²) in [4.78, 5) is 30.4. The number of nitrogens with zero attached hydrogens (tertiary/aromatic N) is 4. The van der Waals surface area contributed by atoms with Crippen LogP contribution < -0.4 is 21.5 Å². The minimum Gasteiger partial charge on any atom is -0.390 e. The summed E-state index contributed by atoms with van der Waals surface area (Å²) in [6.45, 7) is 1.75. The van der Waals surface area contributed by atoms with Crippen LogP contribution in [0.3, 0.4) is 0 Å². The first-order chi connectivity index (χ1) is 16.5. The van der Waals surface area contributed by atoms with E-state index in [0.29, 0.717) is 25.1 Å². The number of aliphatic hydroxyl groups is 1. The Bertz CT molecular complexity index is 1340. The Balaban J connectivity index is 1.43. The van der Waals surface area contributed by atoms with E-state index < -0.39 is 23.1 Å². The summed E-state index contributed by atoms with van der Waals surface area (Å²) in [5, 5.41) is 23.3. The quantitative estimate of drug-likeness (QED) is 0.421. The fourth-order valence-corrected chi connectivity index (χ4v) is 4.83. The molecular formula is C23H27F2N7O3. The molecule has 3 aromatic rings. The molecule has 4 N–H and O–H groups in total. The molecule has 0 saturated heterocycles. The van der Waals surface area contributed by atoms with Crippen molar-refractivity contribution in [3.8, 4) is 0 Å². The third-order valence-corrected chi connectivity index (χ3v) is 6.72. The van der Waals surface area contributed by atoms with Gasteiger partial charge in [0.05, 0.1) is 11.8 Å². The highest BCUT2D eigenvalue weighted by Gasteiger charge is 2.46. The highest BCUT2D eigenvalue weighted by atomic mass is 19.3. The van der Waals surface area contributed by atoms with Crippen molar-refractivity contribution < 1.29 is 18.7 Å². The molecule has 12 heteroatoms. The number of fused-ring (bicyclic) bond motifs is 1. The average Bonchev–Trinajstić information content (AvgIpc) is 3.35. The first-order valence-corrected chi connectivity index (χ1v) is 11.5. The van der Waals surface area contributed by atoms with Crippen LogP contribution in [0.5, 0.6) is 0 Å². The lowest BCUT2D eigenvalue weighted by Crippen LogP contribution is -2.41. The maximum absolute atomic E-state index is 13.3. The number of rotatable bonds is 6. The van der Waals surface area contributed by atoms with Crippen molar-refractivity contribution >= 4 is 28.9 Å². The van der Waals surface area contributed by atoms with Crippen molar-refractivity contribution in [3.05, 3.63) is 46.5 Å². The molecule has 2 atom stereocenters. The van der Waals surface area contributed by atoms with E-state index in [1.807, 2.05) is 0 Å². The second-order valence-corrected chi connectivity index (χ2v) is 9.66. The van der Waals surface area contributed by atoms with Crippen molar-refractivity contribution in [3.63, 3.8) is 0 Å². The van der Waals surface area contributed by atoms with Gasteiger partial charge >= 0.3 is 0 Å². The minimum absolute atomic E-state index is 0.154. The van der Waals surface area contributed by atoms with E-state index in [0.717, 1.165) is 0 Å². The first-order valence-electron chi connectivity index (χ1n) is 11.5. The van der Waals surface area contributed by atoms with E-state index in [2.05, 4.69) is 26.0 Å². The van der Waals surface area contributed by atoms with Gasteiger partial charge < -0.3 is 25.6 Å². The summed E-state index contributed by atoms with van der Waals surface area (Å²) in [6.07, 6.45) is 3.94. The molecule has 1 amide bonds. The van der Waals surface area contributed by atoms with Gasteiger partial charge in [0.2, 0.25) is 0 Å². The number of hydrogen-bond donors (Lipinski definition) is 4. The highest BCUT2D eigenvalue weighted by Crippen LogP contribution is 2.44. The molecule has 3 heterocycles. The molecule has 10 nitrogen and oxygen atoms in total. The lowest BCUT2D eigenvalue weighted by molar-refractivity contribution is -0.104. The van der Waals surface area contributed by atoms with Gasteiger partial charge in [0.15, 0.2) is 5.65 Å². The van der Waals surface area contributed by atoms with Crippen LogP contribution in [0.1, 0.15) is 55.4 Å². The van der Waals surface area contributed by atoms with Crippen molar-refractivity contribution in [1.82, 2.24) is 24.5 Å². The number of pyridine rings is 1. The average molecular weight is 488 g/mol. The van der Waals surface area contributed by atoms with E-state index in [1.165, 1.54) is 21.5 Å². The molecule has 1 unspecified atom stereocenters. The van der Waals surface area contributed by atoms with Gasteiger partial charge in [-0.05, 0) is 38.3 Å². The second-order valence-electron chi connectivity index (χ2n) is 9.66. The zero-order valence-electron chi connectivity index (χ0n) is 19.4. The molecule has 3 aromatic heterocycles. The molecule has 0 spiro atoms. The van der Waals surface area contributed by atoms with E-state index in [1.54, 1.807) is 32.2 Å². The zero-order valence-corrected chi connectivity index (χ0v) is 19.4. The molecular weight excluding hydrogens is 460 g/mol. The highest BCUT2D eigenvalue weighted by molar-refractivity contribution is 6.00. The molecule has 2 saturated carbocycles. The Kier molecular flexibility index (Phi) is 5.50. The van der Waals surface area contributed by atoms with Gasteiger partial charge in [-0.1, -0.05) is 0 Å². The minimum atomic E-state index is -2.74. The number of anilines is 3. The summed E-state index contributed by atoms with van der Waals surface area (Å²) in [6, 6.07) is 4.09. The SMILES string of the molecule is CNc1cc(Nc2cccn(C3CC(F)(F)C3)c2=O)nc2c(C(=O)NC3CC[C@@](C)(O)C3)cnn12. The summed E-state index contributed by atoms with van der Waals surface area (Å²) in [5.74, 6) is -2.29. The Morgan fingerprint density at radius 3 is 2.71 bits per heavy atom. The summed E-state index contributed by atoms with van der Waals surface area (Å²) >= 11 is 0. The molecule has 5 rings (SSSR count). The van der Waals surface area contributed by atoms with Crippen molar-refractivity contribution in [2.24, 2.45) is 0 Å². The largest absolute Gasteiger partial charge is 0.390 e. The Labute approximate surface area is 199 Å². The number of hydrogen-bond acceptors (Lipinski definition) is 7.